The van der Waals surface area contributed by atoms with E-state index >= 15 is 0 Å². The number of rotatable bonds is 24. The number of hydrogen-bond acceptors (Lipinski definition) is 18. The molecular formula is C39H56N14O10. The standard InChI is InChI=1S/C39H56N14O10/c40-32(54)25-50-12-14-51(15-17-53(28-37(60)61)19-18-52(16-13-50)27-36(58)59)26-35(57)43-11-21-63-23-22-62-20-10-42-33(55)5-3-6-34(56)45-29-7-8-31(44-24-29)39-48-46-38(47-49-39)30-4-1-2-9-41-30/h1-2,4,7-9,24H,3,5-6,10-23,25-28H2,(H2,40,54)(H,42,55)(H,43,57)(H,45,56)(H,58,59)(H,60,61). The highest BCUT2D eigenvalue weighted by atomic mass is 16.5. The van der Waals surface area contributed by atoms with Gasteiger partial charge in [-0.15, -0.1) is 20.4 Å². The molecule has 342 valence electrons. The molecule has 7 N–H and O–H groups in total. The van der Waals surface area contributed by atoms with Crippen LogP contribution >= 0.6 is 0 Å². The third-order valence-corrected chi connectivity index (χ3v) is 9.36. The number of anilines is 1. The average Bonchev–Trinajstić information content (AvgIpc) is 3.25. The predicted octanol–water partition coefficient (Wildman–Crippen LogP) is -2.36. The number of carbonyl (C=O) groups excluding carboxylic acids is 4. The highest BCUT2D eigenvalue weighted by Gasteiger charge is 2.21. The van der Waals surface area contributed by atoms with Gasteiger partial charge in [0.15, 0.2) is 0 Å². The van der Waals surface area contributed by atoms with E-state index in [1.165, 1.54) is 6.20 Å². The van der Waals surface area contributed by atoms with Gasteiger partial charge in [-0.1, -0.05) is 6.07 Å². The highest BCUT2D eigenvalue weighted by molar-refractivity contribution is 5.91. The van der Waals surface area contributed by atoms with E-state index < -0.39 is 17.8 Å². The van der Waals surface area contributed by atoms with E-state index in [2.05, 4.69) is 46.3 Å². The molecule has 24 heteroatoms. The van der Waals surface area contributed by atoms with Gasteiger partial charge in [0.2, 0.25) is 35.3 Å². The molecule has 0 saturated carbocycles. The summed E-state index contributed by atoms with van der Waals surface area (Å²) in [5, 5.41) is 43.3. The van der Waals surface area contributed by atoms with Crippen LogP contribution in [0.15, 0.2) is 42.7 Å². The van der Waals surface area contributed by atoms with Gasteiger partial charge in [0.05, 0.1) is 64.5 Å². The van der Waals surface area contributed by atoms with Gasteiger partial charge < -0.3 is 41.4 Å². The number of pyridine rings is 2. The van der Waals surface area contributed by atoms with Crippen LogP contribution in [0, 0.1) is 0 Å². The summed E-state index contributed by atoms with van der Waals surface area (Å²) in [7, 11) is 0. The number of aliphatic carboxylic acids is 2. The van der Waals surface area contributed by atoms with Crippen LogP contribution in [-0.2, 0) is 38.2 Å². The van der Waals surface area contributed by atoms with Gasteiger partial charge in [0.25, 0.3) is 0 Å². The number of aromatic nitrogens is 6. The van der Waals surface area contributed by atoms with E-state index in [1.54, 1.807) is 40.3 Å². The Morgan fingerprint density at radius 1 is 0.587 bits per heavy atom. The molecule has 3 aromatic heterocycles. The number of carbonyl (C=O) groups is 6. The summed E-state index contributed by atoms with van der Waals surface area (Å²) in [5.41, 5.74) is 6.89. The quantitative estimate of drug-likeness (QED) is 0.0513. The van der Waals surface area contributed by atoms with Crippen LogP contribution in [0.3, 0.4) is 0 Å². The van der Waals surface area contributed by atoms with Crippen LogP contribution in [0.1, 0.15) is 19.3 Å². The Morgan fingerprint density at radius 2 is 1.08 bits per heavy atom. The average molecular weight is 881 g/mol. The maximum Gasteiger partial charge on any atom is 0.317 e. The molecule has 3 aromatic rings. The van der Waals surface area contributed by atoms with Crippen molar-refractivity contribution in [3.8, 4) is 23.0 Å². The Hall–Kier alpha value is -6.18. The maximum atomic E-state index is 12.8. The first-order chi connectivity index (χ1) is 30.4. The van der Waals surface area contributed by atoms with Gasteiger partial charge >= 0.3 is 11.9 Å². The first kappa shape index (κ1) is 49.5. The fourth-order valence-corrected chi connectivity index (χ4v) is 6.17. The topological polar surface area (TPSA) is 314 Å². The minimum absolute atomic E-state index is 0.0265. The smallest absolute Gasteiger partial charge is 0.317 e. The monoisotopic (exact) mass is 880 g/mol. The number of carboxylic acid groups (broad SMARTS) is 2. The van der Waals surface area contributed by atoms with Gasteiger partial charge in [-0.3, -0.25) is 58.3 Å². The van der Waals surface area contributed by atoms with E-state index in [0.29, 0.717) is 75.9 Å². The van der Waals surface area contributed by atoms with Crippen molar-refractivity contribution in [2.24, 2.45) is 5.73 Å². The molecule has 0 aromatic carbocycles. The van der Waals surface area contributed by atoms with Crippen molar-refractivity contribution >= 4 is 41.3 Å². The molecule has 0 aliphatic carbocycles. The number of hydrogen-bond donors (Lipinski definition) is 6. The first-order valence-corrected chi connectivity index (χ1v) is 20.5. The number of amides is 4. The zero-order chi connectivity index (χ0) is 45.2. The van der Waals surface area contributed by atoms with E-state index in [0.717, 1.165) is 0 Å². The second-order valence-electron chi connectivity index (χ2n) is 14.4. The molecular weight excluding hydrogens is 825 g/mol. The lowest BCUT2D eigenvalue weighted by Crippen LogP contribution is -2.50. The maximum absolute atomic E-state index is 12.8. The van der Waals surface area contributed by atoms with Crippen molar-refractivity contribution < 1.29 is 48.5 Å². The second kappa shape index (κ2) is 27.7. The van der Waals surface area contributed by atoms with Crippen molar-refractivity contribution in [2.45, 2.75) is 19.3 Å². The predicted molar refractivity (Wildman–Crippen MR) is 224 cm³/mol. The summed E-state index contributed by atoms with van der Waals surface area (Å²) in [4.78, 5) is 87.6. The van der Waals surface area contributed by atoms with Gasteiger partial charge in [0.1, 0.15) is 11.4 Å². The summed E-state index contributed by atoms with van der Waals surface area (Å²) in [5.74, 6) is -2.78. The lowest BCUT2D eigenvalue weighted by atomic mass is 10.2. The minimum Gasteiger partial charge on any atom is -0.480 e. The van der Waals surface area contributed by atoms with Crippen LogP contribution in [0.4, 0.5) is 5.69 Å². The zero-order valence-electron chi connectivity index (χ0n) is 35.1. The van der Waals surface area contributed by atoms with Crippen LogP contribution in [-0.4, -0.2) is 214 Å². The number of nitrogens with zero attached hydrogens (tertiary/aromatic N) is 10. The Labute approximate surface area is 363 Å². The van der Waals surface area contributed by atoms with Crippen LogP contribution < -0.4 is 21.7 Å². The molecule has 24 nitrogen and oxygen atoms in total. The lowest BCUT2D eigenvalue weighted by Gasteiger charge is -2.33. The molecule has 0 atom stereocenters. The molecule has 1 aliphatic heterocycles. The van der Waals surface area contributed by atoms with Crippen LogP contribution in [0.5, 0.6) is 0 Å². The van der Waals surface area contributed by atoms with Crippen LogP contribution in [0.2, 0.25) is 0 Å². The van der Waals surface area contributed by atoms with E-state index in [-0.39, 0.29) is 108 Å². The van der Waals surface area contributed by atoms with Crippen molar-refractivity contribution in [3.63, 3.8) is 0 Å². The Bertz CT molecular complexity index is 1860. The summed E-state index contributed by atoms with van der Waals surface area (Å²) < 4.78 is 11.0. The molecule has 63 heavy (non-hydrogen) atoms. The SMILES string of the molecule is NC(=O)CN1CCN(CC(=O)O)CCN(CC(=O)O)CCN(CC(=O)NCCOCCOCCNC(=O)CCCC(=O)Nc2ccc(-c3nnc(-c4ccccn4)nn3)nc2)CC1. The highest BCUT2D eigenvalue weighted by Crippen LogP contribution is 2.15. The number of nitrogens with one attached hydrogen (secondary N) is 3. The van der Waals surface area contributed by atoms with E-state index in [1.807, 2.05) is 15.9 Å². The zero-order valence-corrected chi connectivity index (χ0v) is 35.1. The molecule has 4 amide bonds. The molecule has 4 heterocycles. The normalized spacial score (nSPS) is 14.8. The van der Waals surface area contributed by atoms with Gasteiger partial charge in [-0.25, -0.2) is 0 Å². The minimum atomic E-state index is -1.01. The molecule has 1 saturated heterocycles. The fraction of sp³-hybridized carbons (Fsp3) is 0.538. The summed E-state index contributed by atoms with van der Waals surface area (Å²) in [6.07, 6.45) is 3.73. The number of primary amides is 1. The van der Waals surface area contributed by atoms with Gasteiger partial charge in [-0.2, -0.15) is 0 Å². The van der Waals surface area contributed by atoms with Crippen molar-refractivity contribution in [1.82, 2.24) is 60.6 Å². The third kappa shape index (κ3) is 20.5. The Morgan fingerprint density at radius 3 is 1.56 bits per heavy atom. The van der Waals surface area contributed by atoms with Gasteiger partial charge in [-0.05, 0) is 30.7 Å². The molecule has 0 unspecified atom stereocenters. The molecule has 4 rings (SSSR count). The summed E-state index contributed by atoms with van der Waals surface area (Å²) in [6.45, 7) is 3.92. The Balaban J connectivity index is 1.03. The van der Waals surface area contributed by atoms with E-state index in [4.69, 9.17) is 15.2 Å². The fourth-order valence-electron chi connectivity index (χ4n) is 6.17. The number of nitrogens with two attached hydrogens (primary N) is 1. The van der Waals surface area contributed by atoms with Gasteiger partial charge in [0, 0.05) is 84.5 Å². The van der Waals surface area contributed by atoms with Crippen LogP contribution in [0.25, 0.3) is 23.0 Å². The summed E-state index contributed by atoms with van der Waals surface area (Å²) in [6, 6.07) is 8.63. The summed E-state index contributed by atoms with van der Waals surface area (Å²) >= 11 is 0. The van der Waals surface area contributed by atoms with Crippen molar-refractivity contribution in [1.29, 1.82) is 0 Å². The lowest BCUT2D eigenvalue weighted by molar-refractivity contribution is -0.140. The first-order valence-electron chi connectivity index (χ1n) is 20.5. The number of carboxylic acids is 2. The largest absolute Gasteiger partial charge is 0.480 e. The van der Waals surface area contributed by atoms with Crippen molar-refractivity contribution in [3.05, 3.63) is 42.7 Å². The van der Waals surface area contributed by atoms with E-state index in [9.17, 15) is 39.0 Å². The molecule has 0 bridgehead atoms. The second-order valence-corrected chi connectivity index (χ2v) is 14.4. The molecule has 0 radical (unpaired) electrons. The molecule has 0 spiro atoms. The Kier molecular flexibility index (Phi) is 21.8. The molecule has 1 aliphatic rings. The molecule has 1 fully saturated rings. The third-order valence-electron chi connectivity index (χ3n) is 9.36. The van der Waals surface area contributed by atoms with Crippen molar-refractivity contribution in [2.75, 3.05) is 123 Å². The number of ether oxygens (including phenoxy) is 2.